The number of carbonyl (C=O) groups is 1. The summed E-state index contributed by atoms with van der Waals surface area (Å²) >= 11 is 0. The van der Waals surface area contributed by atoms with Crippen molar-refractivity contribution in [3.63, 3.8) is 0 Å². The molecule has 3 rings (SSSR count). The van der Waals surface area contributed by atoms with Crippen molar-refractivity contribution in [1.82, 2.24) is 4.90 Å². The Labute approximate surface area is 156 Å². The van der Waals surface area contributed by atoms with E-state index in [0.717, 1.165) is 24.3 Å². The second-order valence-electron chi connectivity index (χ2n) is 7.54. The topological polar surface area (TPSA) is 58.4 Å². The summed E-state index contributed by atoms with van der Waals surface area (Å²) in [6.07, 6.45) is 0. The number of para-hydroxylation sites is 1. The molecule has 1 aliphatic rings. The number of likely N-dealkylation sites (tertiary alicyclic amines) is 1. The molecule has 0 aliphatic carbocycles. The lowest BCUT2D eigenvalue weighted by molar-refractivity contribution is -0.120. The molecule has 1 fully saturated rings. The molecular formula is C22H29N3O. The molecular weight excluding hydrogens is 322 g/mol. The Balaban J connectivity index is 1.68. The van der Waals surface area contributed by atoms with Crippen molar-refractivity contribution in [3.8, 4) is 0 Å². The number of amides is 1. The Bertz CT molecular complexity index is 744. The monoisotopic (exact) mass is 351 g/mol. The van der Waals surface area contributed by atoms with Gasteiger partial charge in [0.05, 0.1) is 6.04 Å². The van der Waals surface area contributed by atoms with Crippen LogP contribution in [0.25, 0.3) is 0 Å². The fourth-order valence-corrected chi connectivity index (χ4v) is 3.75. The van der Waals surface area contributed by atoms with Gasteiger partial charge in [-0.15, -0.1) is 0 Å². The van der Waals surface area contributed by atoms with Gasteiger partial charge in [-0.05, 0) is 30.0 Å². The number of benzene rings is 2. The summed E-state index contributed by atoms with van der Waals surface area (Å²) in [6, 6.07) is 18.2. The molecule has 3 atom stereocenters. The van der Waals surface area contributed by atoms with Gasteiger partial charge in [-0.1, -0.05) is 62.4 Å². The molecule has 1 amide bonds. The second kappa shape index (κ2) is 8.02. The van der Waals surface area contributed by atoms with Crippen LogP contribution in [0.2, 0.25) is 0 Å². The molecule has 0 bridgehead atoms. The maximum absolute atomic E-state index is 12.8. The third kappa shape index (κ3) is 3.97. The van der Waals surface area contributed by atoms with Gasteiger partial charge in [-0.3, -0.25) is 9.69 Å². The van der Waals surface area contributed by atoms with E-state index >= 15 is 0 Å². The summed E-state index contributed by atoms with van der Waals surface area (Å²) in [6.45, 7) is 7.79. The van der Waals surface area contributed by atoms with Crippen LogP contribution in [0.3, 0.4) is 0 Å². The van der Waals surface area contributed by atoms with E-state index in [1.54, 1.807) is 0 Å². The minimum absolute atomic E-state index is 0.0269. The quantitative estimate of drug-likeness (QED) is 0.866. The Morgan fingerprint density at radius 1 is 1.04 bits per heavy atom. The SMILES string of the molecule is CC(C)c1ccccc1NC(=O)C(C)N1C[C@@H](N)[C@H](c2ccccc2)C1. The third-order valence-electron chi connectivity index (χ3n) is 5.39. The fourth-order valence-electron chi connectivity index (χ4n) is 3.75. The molecule has 4 heteroatoms. The van der Waals surface area contributed by atoms with Crippen LogP contribution < -0.4 is 11.1 Å². The molecule has 1 unspecified atom stereocenters. The third-order valence-corrected chi connectivity index (χ3v) is 5.39. The minimum Gasteiger partial charge on any atom is -0.326 e. The van der Waals surface area contributed by atoms with E-state index in [4.69, 9.17) is 5.73 Å². The van der Waals surface area contributed by atoms with E-state index in [1.807, 2.05) is 43.3 Å². The first kappa shape index (κ1) is 18.6. The second-order valence-corrected chi connectivity index (χ2v) is 7.54. The lowest BCUT2D eigenvalue weighted by Gasteiger charge is -2.24. The van der Waals surface area contributed by atoms with Crippen molar-refractivity contribution >= 4 is 11.6 Å². The van der Waals surface area contributed by atoms with Crippen LogP contribution >= 0.6 is 0 Å². The molecule has 2 aromatic rings. The summed E-state index contributed by atoms with van der Waals surface area (Å²) in [5, 5.41) is 3.12. The first-order chi connectivity index (χ1) is 12.5. The predicted molar refractivity (Wildman–Crippen MR) is 107 cm³/mol. The molecule has 3 N–H and O–H groups in total. The predicted octanol–water partition coefficient (Wildman–Crippen LogP) is 3.56. The largest absolute Gasteiger partial charge is 0.326 e. The first-order valence-corrected chi connectivity index (χ1v) is 9.41. The lowest BCUT2D eigenvalue weighted by atomic mass is 9.95. The molecule has 138 valence electrons. The highest BCUT2D eigenvalue weighted by Crippen LogP contribution is 2.28. The minimum atomic E-state index is -0.213. The number of hydrogen-bond donors (Lipinski definition) is 2. The Kier molecular flexibility index (Phi) is 5.74. The van der Waals surface area contributed by atoms with Crippen LogP contribution in [-0.2, 0) is 4.79 Å². The van der Waals surface area contributed by atoms with E-state index in [-0.39, 0.29) is 23.9 Å². The highest BCUT2D eigenvalue weighted by Gasteiger charge is 2.35. The van der Waals surface area contributed by atoms with Crippen LogP contribution in [0.1, 0.15) is 43.7 Å². The van der Waals surface area contributed by atoms with Crippen LogP contribution in [0.4, 0.5) is 5.69 Å². The van der Waals surface area contributed by atoms with Gasteiger partial charge in [-0.2, -0.15) is 0 Å². The highest BCUT2D eigenvalue weighted by molar-refractivity contribution is 5.95. The molecule has 1 aliphatic heterocycles. The zero-order valence-electron chi connectivity index (χ0n) is 15.9. The molecule has 0 aromatic heterocycles. The van der Waals surface area contributed by atoms with E-state index in [1.165, 1.54) is 5.56 Å². The summed E-state index contributed by atoms with van der Waals surface area (Å²) < 4.78 is 0. The number of rotatable bonds is 5. The molecule has 1 heterocycles. The van der Waals surface area contributed by atoms with Gasteiger partial charge < -0.3 is 11.1 Å². The number of nitrogens with one attached hydrogen (secondary N) is 1. The average molecular weight is 351 g/mol. The van der Waals surface area contributed by atoms with Gasteiger partial charge in [-0.25, -0.2) is 0 Å². The van der Waals surface area contributed by atoms with Gasteiger partial charge in [0.25, 0.3) is 0 Å². The van der Waals surface area contributed by atoms with Gasteiger partial charge in [0.15, 0.2) is 0 Å². The standard InChI is InChI=1S/C22H29N3O/c1-15(2)18-11-7-8-12-21(18)24-22(26)16(3)25-13-19(20(23)14-25)17-9-5-4-6-10-17/h4-12,15-16,19-20H,13-14,23H2,1-3H3,(H,24,26)/t16?,19-,20+/m0/s1. The molecule has 0 saturated carbocycles. The van der Waals surface area contributed by atoms with Crippen molar-refractivity contribution < 1.29 is 4.79 Å². The molecule has 4 nitrogen and oxygen atoms in total. The molecule has 26 heavy (non-hydrogen) atoms. The van der Waals surface area contributed by atoms with Crippen molar-refractivity contribution in [1.29, 1.82) is 0 Å². The van der Waals surface area contributed by atoms with Crippen LogP contribution in [0, 0.1) is 0 Å². The van der Waals surface area contributed by atoms with Gasteiger partial charge in [0, 0.05) is 30.7 Å². The normalized spacial score (nSPS) is 21.7. The van der Waals surface area contributed by atoms with Gasteiger partial charge >= 0.3 is 0 Å². The maximum Gasteiger partial charge on any atom is 0.241 e. The first-order valence-electron chi connectivity index (χ1n) is 9.41. The Morgan fingerprint density at radius 2 is 1.69 bits per heavy atom. The molecule has 0 radical (unpaired) electrons. The number of nitrogens with two attached hydrogens (primary N) is 1. The smallest absolute Gasteiger partial charge is 0.241 e. The Morgan fingerprint density at radius 3 is 2.38 bits per heavy atom. The average Bonchev–Trinajstić information content (AvgIpc) is 3.03. The summed E-state index contributed by atoms with van der Waals surface area (Å²) in [7, 11) is 0. The van der Waals surface area contributed by atoms with Crippen molar-refractivity contribution in [3.05, 3.63) is 65.7 Å². The van der Waals surface area contributed by atoms with Crippen molar-refractivity contribution in [2.75, 3.05) is 18.4 Å². The van der Waals surface area contributed by atoms with Crippen molar-refractivity contribution in [2.45, 2.75) is 44.7 Å². The fraction of sp³-hybridized carbons (Fsp3) is 0.409. The summed E-state index contributed by atoms with van der Waals surface area (Å²) in [4.78, 5) is 15.0. The molecule has 2 aromatic carbocycles. The number of carbonyl (C=O) groups excluding carboxylic acids is 1. The zero-order valence-corrected chi connectivity index (χ0v) is 15.9. The van der Waals surface area contributed by atoms with Crippen LogP contribution in [0.15, 0.2) is 54.6 Å². The number of hydrogen-bond acceptors (Lipinski definition) is 3. The van der Waals surface area contributed by atoms with Gasteiger partial charge in [0.2, 0.25) is 5.91 Å². The van der Waals surface area contributed by atoms with E-state index in [2.05, 4.69) is 42.3 Å². The molecule has 1 saturated heterocycles. The lowest BCUT2D eigenvalue weighted by Crippen LogP contribution is -2.42. The zero-order chi connectivity index (χ0) is 18.7. The van der Waals surface area contributed by atoms with Crippen LogP contribution in [0.5, 0.6) is 0 Å². The van der Waals surface area contributed by atoms with E-state index in [0.29, 0.717) is 5.92 Å². The highest BCUT2D eigenvalue weighted by atomic mass is 16.2. The number of anilines is 1. The molecule has 0 spiro atoms. The summed E-state index contributed by atoms with van der Waals surface area (Å²) in [5.74, 6) is 0.665. The van der Waals surface area contributed by atoms with E-state index < -0.39 is 0 Å². The Hall–Kier alpha value is -2.17. The van der Waals surface area contributed by atoms with Crippen LogP contribution in [-0.4, -0.2) is 36.0 Å². The summed E-state index contributed by atoms with van der Waals surface area (Å²) in [5.41, 5.74) is 9.70. The van der Waals surface area contributed by atoms with Gasteiger partial charge in [0.1, 0.15) is 0 Å². The maximum atomic E-state index is 12.8. The number of nitrogens with zero attached hydrogens (tertiary/aromatic N) is 1. The van der Waals surface area contributed by atoms with Crippen molar-refractivity contribution in [2.24, 2.45) is 5.73 Å². The van der Waals surface area contributed by atoms with E-state index in [9.17, 15) is 4.79 Å².